The van der Waals surface area contributed by atoms with Gasteiger partial charge in [0.05, 0.1) is 0 Å². The Kier molecular flexibility index (Phi) is 4.29. The van der Waals surface area contributed by atoms with Gasteiger partial charge in [-0.05, 0) is 59.5 Å². The molecule has 1 aliphatic rings. The van der Waals surface area contributed by atoms with Crippen LogP contribution in [0.4, 0.5) is 0 Å². The van der Waals surface area contributed by atoms with Gasteiger partial charge in [-0.15, -0.1) is 0 Å². The summed E-state index contributed by atoms with van der Waals surface area (Å²) >= 11 is 0. The highest BCUT2D eigenvalue weighted by Crippen LogP contribution is 2.39. The Balaban J connectivity index is 1.79. The molecule has 1 unspecified atom stereocenters. The third-order valence-corrected chi connectivity index (χ3v) is 6.26. The van der Waals surface area contributed by atoms with E-state index in [1.807, 2.05) is 6.20 Å². The summed E-state index contributed by atoms with van der Waals surface area (Å²) in [5, 5.41) is 2.39. The normalized spacial score (nSPS) is 17.7. The van der Waals surface area contributed by atoms with E-state index in [1.54, 1.807) is 0 Å². The van der Waals surface area contributed by atoms with Gasteiger partial charge < -0.3 is 14.3 Å². The molecule has 1 atom stereocenters. The van der Waals surface area contributed by atoms with Gasteiger partial charge in [0.2, 0.25) is 0 Å². The van der Waals surface area contributed by atoms with Crippen molar-refractivity contribution in [2.45, 2.75) is 31.3 Å². The Morgan fingerprint density at radius 1 is 0.964 bits per heavy atom. The van der Waals surface area contributed by atoms with Crippen LogP contribution in [0.25, 0.3) is 21.8 Å². The van der Waals surface area contributed by atoms with Gasteiger partial charge in [-0.3, -0.25) is 4.90 Å². The van der Waals surface area contributed by atoms with Crippen LogP contribution in [0.1, 0.15) is 31.2 Å². The lowest BCUT2D eigenvalue weighted by Gasteiger charge is -2.47. The van der Waals surface area contributed by atoms with E-state index in [2.05, 4.69) is 75.2 Å². The molecule has 0 amide bonds. The van der Waals surface area contributed by atoms with Crippen LogP contribution < -0.4 is 0 Å². The van der Waals surface area contributed by atoms with Gasteiger partial charge in [0.15, 0.2) is 0 Å². The number of hydrogen-bond donors (Lipinski definition) is 1. The summed E-state index contributed by atoms with van der Waals surface area (Å²) in [6.45, 7) is 2.01. The third-order valence-electron chi connectivity index (χ3n) is 6.26. The number of likely N-dealkylation sites (tertiary alicyclic amines) is 1. The van der Waals surface area contributed by atoms with Crippen molar-refractivity contribution in [1.29, 1.82) is 0 Å². The van der Waals surface area contributed by atoms with Crippen LogP contribution in [-0.4, -0.2) is 33.8 Å². The second kappa shape index (κ2) is 6.95. The van der Waals surface area contributed by atoms with Crippen molar-refractivity contribution in [1.82, 2.24) is 14.5 Å². The molecule has 4 heteroatoms. The second-order valence-corrected chi connectivity index (χ2v) is 7.76. The number of hydrogen-bond acceptors (Lipinski definition) is 2. The maximum absolute atomic E-state index is 12.0. The summed E-state index contributed by atoms with van der Waals surface area (Å²) in [7, 11) is 0. The number of benzene rings is 2. The van der Waals surface area contributed by atoms with Gasteiger partial charge in [0, 0.05) is 42.9 Å². The second-order valence-electron chi connectivity index (χ2n) is 7.76. The minimum absolute atomic E-state index is 0.432. The molecule has 5 rings (SSSR count). The molecule has 1 saturated heterocycles. The van der Waals surface area contributed by atoms with Crippen LogP contribution in [0.15, 0.2) is 67.0 Å². The monoisotopic (exact) mass is 371 g/mol. The molecule has 0 spiro atoms. The number of nitrogens with zero attached hydrogens (tertiary/aromatic N) is 2. The summed E-state index contributed by atoms with van der Waals surface area (Å²) in [5.41, 5.74) is 2.97. The van der Waals surface area contributed by atoms with Gasteiger partial charge in [-0.2, -0.15) is 0 Å². The quantitative estimate of drug-likeness (QED) is 0.507. The molecule has 0 bridgehead atoms. The van der Waals surface area contributed by atoms with Gasteiger partial charge in [-0.25, -0.2) is 0 Å². The van der Waals surface area contributed by atoms with E-state index < -0.39 is 5.66 Å². The first-order valence-corrected chi connectivity index (χ1v) is 10.2. The summed E-state index contributed by atoms with van der Waals surface area (Å²) < 4.78 is 2.33. The first-order chi connectivity index (χ1) is 13.8. The third kappa shape index (κ3) is 2.60. The maximum atomic E-state index is 12.0. The van der Waals surface area contributed by atoms with Crippen molar-refractivity contribution in [2.24, 2.45) is 0 Å². The Bertz CT molecular complexity index is 1120. The molecule has 4 nitrogen and oxygen atoms in total. The van der Waals surface area contributed by atoms with Crippen LogP contribution in [0, 0.1) is 0 Å². The molecule has 1 N–H and O–H groups in total. The highest BCUT2D eigenvalue weighted by atomic mass is 16.1. The summed E-state index contributed by atoms with van der Waals surface area (Å²) in [6, 6.07) is 19.3. The van der Waals surface area contributed by atoms with Crippen molar-refractivity contribution in [3.63, 3.8) is 0 Å². The maximum Gasteiger partial charge on any atom is 0.130 e. The van der Waals surface area contributed by atoms with Gasteiger partial charge in [0.1, 0.15) is 11.9 Å². The van der Waals surface area contributed by atoms with Crippen LogP contribution in [0.2, 0.25) is 0 Å². The van der Waals surface area contributed by atoms with E-state index in [9.17, 15) is 4.79 Å². The number of aromatic amines is 1. The van der Waals surface area contributed by atoms with Crippen molar-refractivity contribution in [3.05, 3.63) is 72.6 Å². The first kappa shape index (κ1) is 17.3. The van der Waals surface area contributed by atoms with Gasteiger partial charge in [-0.1, -0.05) is 30.7 Å². The van der Waals surface area contributed by atoms with E-state index in [0.717, 1.165) is 24.9 Å². The van der Waals surface area contributed by atoms with Crippen LogP contribution in [0.5, 0.6) is 0 Å². The minimum atomic E-state index is -0.503. The molecule has 0 radical (unpaired) electrons. The average Bonchev–Trinajstić information content (AvgIpc) is 3.39. The molecule has 2 aromatic heterocycles. The van der Waals surface area contributed by atoms with Gasteiger partial charge >= 0.3 is 0 Å². The number of piperidine rings is 1. The molecule has 2 aromatic carbocycles. The van der Waals surface area contributed by atoms with E-state index in [4.69, 9.17) is 0 Å². The predicted molar refractivity (Wildman–Crippen MR) is 113 cm³/mol. The lowest BCUT2D eigenvalue weighted by atomic mass is 9.90. The van der Waals surface area contributed by atoms with Crippen molar-refractivity contribution >= 4 is 28.1 Å². The number of carbonyl (C=O) groups excluding carboxylic acids is 1. The Labute approximate surface area is 164 Å². The fourth-order valence-electron chi connectivity index (χ4n) is 4.91. The zero-order valence-corrected chi connectivity index (χ0v) is 16.0. The zero-order chi connectivity index (χ0) is 19.0. The van der Waals surface area contributed by atoms with Crippen LogP contribution in [-0.2, 0) is 10.5 Å². The molecule has 28 heavy (non-hydrogen) atoms. The number of rotatable bonds is 5. The van der Waals surface area contributed by atoms with E-state index >= 15 is 0 Å². The number of aromatic nitrogens is 2. The molecule has 0 aliphatic carbocycles. The van der Waals surface area contributed by atoms with Gasteiger partial charge in [0.25, 0.3) is 0 Å². The number of fused-ring (bicyclic) bond motifs is 2. The topological polar surface area (TPSA) is 41.0 Å². The van der Waals surface area contributed by atoms with E-state index in [-0.39, 0.29) is 0 Å². The lowest BCUT2D eigenvalue weighted by Crippen LogP contribution is -2.53. The molecule has 1 aliphatic heterocycles. The summed E-state index contributed by atoms with van der Waals surface area (Å²) in [6.07, 6.45) is 9.26. The number of carbonyl (C=O) groups is 1. The Morgan fingerprint density at radius 2 is 1.82 bits per heavy atom. The molecule has 142 valence electrons. The minimum Gasteiger partial charge on any atom is -0.361 e. The molecule has 0 saturated carbocycles. The number of H-pyrrole nitrogens is 1. The van der Waals surface area contributed by atoms with Crippen molar-refractivity contribution in [2.75, 3.05) is 13.1 Å². The van der Waals surface area contributed by atoms with E-state index in [1.165, 1.54) is 41.1 Å². The smallest absolute Gasteiger partial charge is 0.130 e. The predicted octanol–water partition coefficient (Wildman–Crippen LogP) is 4.90. The highest BCUT2D eigenvalue weighted by molar-refractivity contribution is 5.82. The number of para-hydroxylation sites is 1. The molecule has 3 heterocycles. The largest absolute Gasteiger partial charge is 0.361 e. The Morgan fingerprint density at radius 3 is 2.68 bits per heavy atom. The highest BCUT2D eigenvalue weighted by Gasteiger charge is 2.41. The SMILES string of the molecule is O=CCC(c1ccc2[nH]ccc2c1)(N1CCCCC1)n1ccc2ccccc21. The summed E-state index contributed by atoms with van der Waals surface area (Å²) in [4.78, 5) is 17.8. The molecule has 1 fully saturated rings. The lowest BCUT2D eigenvalue weighted by molar-refractivity contribution is -0.111. The number of nitrogens with one attached hydrogen (secondary N) is 1. The first-order valence-electron chi connectivity index (χ1n) is 10.2. The standard InChI is InChI=1S/C24H25N3O/c28-17-12-24(26-14-4-1-5-15-26,21-8-9-22-20(18-21)10-13-25-22)27-16-11-19-6-2-3-7-23(19)27/h2-3,6-11,13,16-18,25H,1,4-5,12,14-15H2. The molecular formula is C24H25N3O. The fourth-order valence-corrected chi connectivity index (χ4v) is 4.91. The molecular weight excluding hydrogens is 346 g/mol. The van der Waals surface area contributed by atoms with Crippen LogP contribution in [0.3, 0.4) is 0 Å². The van der Waals surface area contributed by atoms with Crippen molar-refractivity contribution < 1.29 is 4.79 Å². The number of aldehydes is 1. The zero-order valence-electron chi connectivity index (χ0n) is 16.0. The van der Waals surface area contributed by atoms with Crippen LogP contribution >= 0.6 is 0 Å². The van der Waals surface area contributed by atoms with E-state index in [0.29, 0.717) is 6.42 Å². The Hall–Kier alpha value is -2.85. The fraction of sp³-hybridized carbons (Fsp3) is 0.292. The summed E-state index contributed by atoms with van der Waals surface area (Å²) in [5.74, 6) is 0. The van der Waals surface area contributed by atoms with Crippen molar-refractivity contribution in [3.8, 4) is 0 Å². The molecule has 4 aromatic rings. The average molecular weight is 371 g/mol.